The number of benzene rings is 2. The Bertz CT molecular complexity index is 1130. The Morgan fingerprint density at radius 3 is 2.16 bits per heavy atom. The van der Waals surface area contributed by atoms with E-state index in [1.807, 2.05) is 12.2 Å². The summed E-state index contributed by atoms with van der Waals surface area (Å²) in [6.45, 7) is -0.595. The second-order valence-electron chi connectivity index (χ2n) is 7.49. The second-order valence-corrected chi connectivity index (χ2v) is 7.49. The highest BCUT2D eigenvalue weighted by atomic mass is 16.6. The van der Waals surface area contributed by atoms with Crippen molar-refractivity contribution < 1.29 is 28.8 Å². The van der Waals surface area contributed by atoms with Crippen LogP contribution in [0.4, 0.5) is 11.4 Å². The van der Waals surface area contributed by atoms with Crippen molar-refractivity contribution in [3.63, 3.8) is 0 Å². The predicted octanol–water partition coefficient (Wildman–Crippen LogP) is 3.09. The molecular formula is C23H18N2O7. The molecule has 32 heavy (non-hydrogen) atoms. The first-order chi connectivity index (χ1) is 15.4. The van der Waals surface area contributed by atoms with Crippen LogP contribution in [-0.2, 0) is 14.3 Å². The van der Waals surface area contributed by atoms with Gasteiger partial charge in [-0.05, 0) is 37.1 Å². The van der Waals surface area contributed by atoms with Crippen molar-refractivity contribution >= 4 is 34.9 Å². The van der Waals surface area contributed by atoms with E-state index in [2.05, 4.69) is 0 Å². The van der Waals surface area contributed by atoms with E-state index in [-0.39, 0.29) is 34.3 Å². The van der Waals surface area contributed by atoms with Gasteiger partial charge in [0.1, 0.15) is 0 Å². The van der Waals surface area contributed by atoms with E-state index in [1.165, 1.54) is 36.4 Å². The quantitative estimate of drug-likeness (QED) is 0.171. The van der Waals surface area contributed by atoms with Crippen molar-refractivity contribution in [3.05, 3.63) is 81.9 Å². The number of ketones is 1. The number of Topliss-reactive ketones (excluding diaryl/α,β-unsaturated/α-hetero) is 1. The van der Waals surface area contributed by atoms with Crippen LogP contribution in [0.15, 0.2) is 60.7 Å². The molecule has 1 aliphatic carbocycles. The molecule has 2 atom stereocenters. The first-order valence-corrected chi connectivity index (χ1v) is 9.95. The molecule has 0 radical (unpaired) electrons. The van der Waals surface area contributed by atoms with Gasteiger partial charge in [-0.15, -0.1) is 0 Å². The van der Waals surface area contributed by atoms with Gasteiger partial charge in [0.25, 0.3) is 5.69 Å². The fourth-order valence-corrected chi connectivity index (χ4v) is 3.94. The summed E-state index contributed by atoms with van der Waals surface area (Å²) in [4.78, 5) is 61.9. The number of esters is 1. The first-order valence-electron chi connectivity index (χ1n) is 9.95. The van der Waals surface area contributed by atoms with Gasteiger partial charge >= 0.3 is 5.97 Å². The number of ether oxygens (including phenoxy) is 1. The summed E-state index contributed by atoms with van der Waals surface area (Å²) in [6.07, 6.45) is 4.70. The number of fused-ring (bicyclic) bond motifs is 1. The van der Waals surface area contributed by atoms with Crippen LogP contribution in [0.3, 0.4) is 0 Å². The normalized spacial score (nSPS) is 19.6. The molecule has 0 spiro atoms. The van der Waals surface area contributed by atoms with E-state index in [0.717, 1.165) is 4.90 Å². The average molecular weight is 434 g/mol. The lowest BCUT2D eigenvalue weighted by Crippen LogP contribution is -2.32. The molecule has 9 nitrogen and oxygen atoms in total. The molecule has 9 heteroatoms. The number of amides is 2. The molecule has 2 amide bonds. The Hall–Kier alpha value is -4.14. The van der Waals surface area contributed by atoms with Gasteiger partial charge < -0.3 is 4.74 Å². The number of carbonyl (C=O) groups is 4. The number of carbonyl (C=O) groups excluding carboxylic acids is 4. The van der Waals surface area contributed by atoms with Crippen LogP contribution in [0.25, 0.3) is 0 Å². The van der Waals surface area contributed by atoms with E-state index < -0.39 is 35.1 Å². The number of nitro groups is 1. The molecule has 0 N–H and O–H groups in total. The lowest BCUT2D eigenvalue weighted by Gasteiger charge is -2.18. The van der Waals surface area contributed by atoms with Crippen molar-refractivity contribution in [2.75, 3.05) is 11.5 Å². The molecule has 1 fully saturated rings. The third-order valence-corrected chi connectivity index (χ3v) is 5.61. The Kier molecular flexibility index (Phi) is 5.63. The summed E-state index contributed by atoms with van der Waals surface area (Å²) in [5.41, 5.74) is 0.114. The van der Waals surface area contributed by atoms with Crippen molar-refractivity contribution in [1.29, 1.82) is 0 Å². The number of nitro benzene ring substituents is 1. The molecule has 2 aromatic carbocycles. The maximum absolute atomic E-state index is 12.9. The van der Waals surface area contributed by atoms with E-state index in [0.29, 0.717) is 12.8 Å². The van der Waals surface area contributed by atoms with E-state index >= 15 is 0 Å². The second kappa shape index (κ2) is 8.54. The van der Waals surface area contributed by atoms with Gasteiger partial charge in [0.2, 0.25) is 11.8 Å². The molecule has 0 bridgehead atoms. The molecule has 2 aliphatic rings. The van der Waals surface area contributed by atoms with Crippen LogP contribution < -0.4 is 4.90 Å². The number of allylic oxidation sites excluding steroid dienone is 2. The van der Waals surface area contributed by atoms with Crippen LogP contribution in [-0.4, -0.2) is 35.1 Å². The average Bonchev–Trinajstić information content (AvgIpc) is 3.07. The van der Waals surface area contributed by atoms with Crippen molar-refractivity contribution in [2.45, 2.75) is 12.8 Å². The molecule has 1 aliphatic heterocycles. The van der Waals surface area contributed by atoms with Gasteiger partial charge in [-0.2, -0.15) is 0 Å². The zero-order chi connectivity index (χ0) is 22.8. The Labute approximate surface area is 182 Å². The zero-order valence-electron chi connectivity index (χ0n) is 16.8. The third-order valence-electron chi connectivity index (χ3n) is 5.61. The number of hydrogen-bond donors (Lipinski definition) is 0. The maximum atomic E-state index is 12.9. The fraction of sp³-hybridized carbons (Fsp3) is 0.217. The number of para-hydroxylation sites is 1. The van der Waals surface area contributed by atoms with Crippen LogP contribution in [0.1, 0.15) is 33.6 Å². The van der Waals surface area contributed by atoms with Crippen molar-refractivity contribution in [2.24, 2.45) is 11.8 Å². The lowest BCUT2D eigenvalue weighted by molar-refractivity contribution is -0.384. The minimum absolute atomic E-state index is 0.00249. The smallest absolute Gasteiger partial charge is 0.340 e. The lowest BCUT2D eigenvalue weighted by atomic mass is 9.85. The van der Waals surface area contributed by atoms with Gasteiger partial charge in [0.15, 0.2) is 12.4 Å². The first kappa shape index (κ1) is 21.1. The topological polar surface area (TPSA) is 124 Å². The van der Waals surface area contributed by atoms with Crippen molar-refractivity contribution in [1.82, 2.24) is 0 Å². The van der Waals surface area contributed by atoms with Gasteiger partial charge in [-0.3, -0.25) is 24.5 Å². The fourth-order valence-electron chi connectivity index (χ4n) is 3.94. The minimum Gasteiger partial charge on any atom is -0.454 e. The van der Waals surface area contributed by atoms with Gasteiger partial charge in [-0.1, -0.05) is 24.3 Å². The van der Waals surface area contributed by atoms with Crippen molar-refractivity contribution in [3.8, 4) is 0 Å². The van der Waals surface area contributed by atoms with Gasteiger partial charge in [0, 0.05) is 17.7 Å². The van der Waals surface area contributed by atoms with Gasteiger partial charge in [-0.25, -0.2) is 9.69 Å². The van der Waals surface area contributed by atoms with E-state index in [1.54, 1.807) is 12.1 Å². The molecule has 0 aromatic heterocycles. The highest BCUT2D eigenvalue weighted by molar-refractivity contribution is 6.24. The number of rotatable bonds is 6. The summed E-state index contributed by atoms with van der Waals surface area (Å²) in [5.74, 6) is -3.00. The standard InChI is InChI=1S/C23H18N2O7/c26-20(14-9-11-15(12-10-14)25(30)31)13-32-23(29)18-7-3-4-8-19(18)24-21(27)16-5-1-2-6-17(16)22(24)28/h1-4,7-12,16-17H,5-6,13H2/t16-,17-/m0/s1. The monoisotopic (exact) mass is 434 g/mol. The molecule has 1 heterocycles. The molecule has 2 aromatic rings. The molecule has 162 valence electrons. The summed E-state index contributed by atoms with van der Waals surface area (Å²) < 4.78 is 5.13. The number of nitrogens with zero attached hydrogens (tertiary/aromatic N) is 2. The van der Waals surface area contributed by atoms with Crippen LogP contribution >= 0.6 is 0 Å². The number of non-ortho nitro benzene ring substituents is 1. The molecule has 4 rings (SSSR count). The molecule has 0 unspecified atom stereocenters. The maximum Gasteiger partial charge on any atom is 0.340 e. The number of imide groups is 1. The SMILES string of the molecule is O=C(COC(=O)c1ccccc1N1C(=O)[C@H]2CC=CC[C@@H]2C1=O)c1ccc([N+](=O)[O-])cc1. The third kappa shape index (κ3) is 3.80. The highest BCUT2D eigenvalue weighted by Gasteiger charge is 2.48. The molecular weight excluding hydrogens is 416 g/mol. The summed E-state index contributed by atoms with van der Waals surface area (Å²) in [7, 11) is 0. The van der Waals surface area contributed by atoms with Gasteiger partial charge in [0.05, 0.1) is 28.0 Å². The molecule has 1 saturated heterocycles. The Morgan fingerprint density at radius 2 is 1.56 bits per heavy atom. The van der Waals surface area contributed by atoms with Crippen LogP contribution in [0.2, 0.25) is 0 Å². The molecule has 0 saturated carbocycles. The largest absolute Gasteiger partial charge is 0.454 e. The Morgan fingerprint density at radius 1 is 0.969 bits per heavy atom. The summed E-state index contributed by atoms with van der Waals surface area (Å²) in [6, 6.07) is 11.0. The zero-order valence-corrected chi connectivity index (χ0v) is 16.8. The number of hydrogen-bond acceptors (Lipinski definition) is 7. The highest BCUT2D eigenvalue weighted by Crippen LogP contribution is 2.38. The summed E-state index contributed by atoms with van der Waals surface area (Å²) >= 11 is 0. The minimum atomic E-state index is -0.857. The van der Waals surface area contributed by atoms with E-state index in [9.17, 15) is 29.3 Å². The Balaban J connectivity index is 1.50. The number of anilines is 1. The van der Waals surface area contributed by atoms with Crippen LogP contribution in [0.5, 0.6) is 0 Å². The van der Waals surface area contributed by atoms with E-state index in [4.69, 9.17) is 4.74 Å². The van der Waals surface area contributed by atoms with Crippen LogP contribution in [0, 0.1) is 22.0 Å². The predicted molar refractivity (Wildman–Crippen MR) is 112 cm³/mol. The summed E-state index contributed by atoms with van der Waals surface area (Å²) in [5, 5.41) is 10.7.